The van der Waals surface area contributed by atoms with Crippen molar-refractivity contribution in [2.45, 2.75) is 0 Å². The molecule has 0 atom stereocenters. The minimum absolute atomic E-state index is 0.822. The standard InChI is InChI=1S/C60H36O2/c1-2-12-37(13-3-1)39-22-24-40(25-23-39)42-28-30-50-52(35-42)58(49-20-9-8-19-48(49)57(50)44-27-26-38-14-4-5-15-41(38)34-44)47-18-7-6-16-45(47)43-29-32-55-53(36-43)59-56(61-55)33-31-51-46-17-10-11-21-54(46)62-60(51)59/h1-36H. The summed E-state index contributed by atoms with van der Waals surface area (Å²) in [5.41, 5.74) is 15.3. The van der Waals surface area contributed by atoms with Crippen LogP contribution in [0.3, 0.4) is 0 Å². The van der Waals surface area contributed by atoms with Crippen LogP contribution in [0.2, 0.25) is 0 Å². The van der Waals surface area contributed by atoms with E-state index in [1.165, 1.54) is 76.8 Å². The molecule has 2 heterocycles. The number of para-hydroxylation sites is 1. The molecule has 0 fully saturated rings. The fourth-order valence-corrected chi connectivity index (χ4v) is 9.95. The number of fused-ring (bicyclic) bond motifs is 10. The third-order valence-electron chi connectivity index (χ3n) is 12.9. The largest absolute Gasteiger partial charge is 0.456 e. The molecule has 0 N–H and O–H groups in total. The van der Waals surface area contributed by atoms with Gasteiger partial charge in [0.25, 0.3) is 0 Å². The van der Waals surface area contributed by atoms with E-state index in [1.54, 1.807) is 0 Å². The van der Waals surface area contributed by atoms with Crippen molar-refractivity contribution in [3.8, 4) is 55.6 Å². The van der Waals surface area contributed by atoms with Crippen molar-refractivity contribution in [3.05, 3.63) is 218 Å². The van der Waals surface area contributed by atoms with Crippen molar-refractivity contribution < 1.29 is 8.83 Å². The smallest absolute Gasteiger partial charge is 0.147 e. The van der Waals surface area contributed by atoms with Crippen LogP contribution in [0.1, 0.15) is 0 Å². The molecule has 2 aromatic heterocycles. The van der Waals surface area contributed by atoms with E-state index in [-0.39, 0.29) is 0 Å². The highest BCUT2D eigenvalue weighted by atomic mass is 16.3. The van der Waals surface area contributed by atoms with E-state index in [4.69, 9.17) is 8.83 Å². The lowest BCUT2D eigenvalue weighted by atomic mass is 9.82. The molecule has 13 aromatic rings. The normalized spacial score (nSPS) is 11.9. The summed E-state index contributed by atoms with van der Waals surface area (Å²) < 4.78 is 13.0. The van der Waals surface area contributed by atoms with Crippen LogP contribution < -0.4 is 0 Å². The first-order chi connectivity index (χ1) is 30.7. The van der Waals surface area contributed by atoms with Crippen LogP contribution >= 0.6 is 0 Å². The highest BCUT2D eigenvalue weighted by molar-refractivity contribution is 6.25. The molecule has 0 aliphatic rings. The van der Waals surface area contributed by atoms with Gasteiger partial charge in [-0.25, -0.2) is 0 Å². The van der Waals surface area contributed by atoms with Crippen LogP contribution in [0.25, 0.3) is 132 Å². The average molecular weight is 789 g/mol. The van der Waals surface area contributed by atoms with Gasteiger partial charge in [-0.1, -0.05) is 176 Å². The first kappa shape index (κ1) is 34.6. The Hall–Kier alpha value is -8.20. The molecule has 11 aromatic carbocycles. The summed E-state index contributed by atoms with van der Waals surface area (Å²) in [6, 6.07) is 79.1. The first-order valence-corrected chi connectivity index (χ1v) is 21.2. The molecule has 0 radical (unpaired) electrons. The zero-order chi connectivity index (χ0) is 40.7. The second-order valence-corrected chi connectivity index (χ2v) is 16.3. The predicted molar refractivity (Wildman–Crippen MR) is 261 cm³/mol. The molecule has 2 nitrogen and oxygen atoms in total. The highest BCUT2D eigenvalue weighted by Gasteiger charge is 2.22. The van der Waals surface area contributed by atoms with Crippen LogP contribution in [-0.4, -0.2) is 0 Å². The van der Waals surface area contributed by atoms with Gasteiger partial charge in [0.2, 0.25) is 0 Å². The molecular formula is C60H36O2. The molecule has 288 valence electrons. The zero-order valence-corrected chi connectivity index (χ0v) is 33.6. The Kier molecular flexibility index (Phi) is 7.64. The lowest BCUT2D eigenvalue weighted by Gasteiger charge is -2.21. The SMILES string of the molecule is c1ccc(-c2ccc(-c3ccc4c(-c5ccc6ccccc6c5)c5ccccc5c(-c5ccccc5-c5ccc6oc7ccc8c9ccccc9oc8c7c6c5)c4c3)cc2)cc1. The summed E-state index contributed by atoms with van der Waals surface area (Å²) >= 11 is 0. The molecule has 0 spiro atoms. The van der Waals surface area contributed by atoms with Gasteiger partial charge in [0.1, 0.15) is 22.3 Å². The Morgan fingerprint density at radius 2 is 0.790 bits per heavy atom. The Bertz CT molecular complexity index is 3900. The number of rotatable bonds is 5. The average Bonchev–Trinajstić information content (AvgIpc) is 3.91. The molecule has 0 aliphatic heterocycles. The summed E-state index contributed by atoms with van der Waals surface area (Å²) in [6.07, 6.45) is 0. The highest BCUT2D eigenvalue weighted by Crippen LogP contribution is 2.48. The fraction of sp³-hybridized carbons (Fsp3) is 0. The third-order valence-corrected chi connectivity index (χ3v) is 12.9. The molecule has 13 rings (SSSR count). The quantitative estimate of drug-likeness (QED) is 0.162. The molecular weight excluding hydrogens is 753 g/mol. The maximum Gasteiger partial charge on any atom is 0.147 e. The second kappa shape index (κ2) is 13.7. The summed E-state index contributed by atoms with van der Waals surface area (Å²) in [4.78, 5) is 0. The van der Waals surface area contributed by atoms with Crippen LogP contribution in [-0.2, 0) is 0 Å². The Morgan fingerprint density at radius 1 is 0.242 bits per heavy atom. The number of hydrogen-bond donors (Lipinski definition) is 0. The summed E-state index contributed by atoms with van der Waals surface area (Å²) in [5, 5.41) is 11.6. The predicted octanol–water partition coefficient (Wildman–Crippen LogP) is 17.3. The van der Waals surface area contributed by atoms with Crippen LogP contribution in [0.15, 0.2) is 227 Å². The van der Waals surface area contributed by atoms with E-state index in [9.17, 15) is 0 Å². The first-order valence-electron chi connectivity index (χ1n) is 21.2. The van der Waals surface area contributed by atoms with Gasteiger partial charge in [0, 0.05) is 16.2 Å². The van der Waals surface area contributed by atoms with Gasteiger partial charge < -0.3 is 8.83 Å². The maximum absolute atomic E-state index is 6.56. The van der Waals surface area contributed by atoms with Crippen molar-refractivity contribution >= 4 is 76.2 Å². The number of hydrogen-bond acceptors (Lipinski definition) is 2. The second-order valence-electron chi connectivity index (χ2n) is 16.3. The molecule has 2 heteroatoms. The van der Waals surface area contributed by atoms with Gasteiger partial charge in [-0.15, -0.1) is 0 Å². The minimum atomic E-state index is 0.822. The van der Waals surface area contributed by atoms with E-state index < -0.39 is 0 Å². The maximum atomic E-state index is 6.56. The van der Waals surface area contributed by atoms with Crippen LogP contribution in [0.5, 0.6) is 0 Å². The molecule has 0 amide bonds. The molecule has 62 heavy (non-hydrogen) atoms. The Morgan fingerprint density at radius 3 is 1.63 bits per heavy atom. The van der Waals surface area contributed by atoms with Gasteiger partial charge in [-0.3, -0.25) is 0 Å². The number of benzene rings is 11. The molecule has 0 saturated heterocycles. The summed E-state index contributed by atoms with van der Waals surface area (Å²) in [7, 11) is 0. The summed E-state index contributed by atoms with van der Waals surface area (Å²) in [5.74, 6) is 0. The molecule has 0 bridgehead atoms. The lowest BCUT2D eigenvalue weighted by molar-refractivity contribution is 0.663. The van der Waals surface area contributed by atoms with Gasteiger partial charge in [0.05, 0.1) is 5.39 Å². The summed E-state index contributed by atoms with van der Waals surface area (Å²) in [6.45, 7) is 0. The van der Waals surface area contributed by atoms with E-state index in [0.29, 0.717) is 0 Å². The Balaban J connectivity index is 1.07. The molecule has 0 saturated carbocycles. The topological polar surface area (TPSA) is 26.3 Å². The van der Waals surface area contributed by atoms with E-state index in [0.717, 1.165) is 55.0 Å². The van der Waals surface area contributed by atoms with E-state index >= 15 is 0 Å². The lowest BCUT2D eigenvalue weighted by Crippen LogP contribution is -1.93. The van der Waals surface area contributed by atoms with Crippen LogP contribution in [0.4, 0.5) is 0 Å². The fourth-order valence-electron chi connectivity index (χ4n) is 9.95. The minimum Gasteiger partial charge on any atom is -0.456 e. The van der Waals surface area contributed by atoms with Crippen LogP contribution in [0, 0.1) is 0 Å². The Labute approximate surface area is 357 Å². The molecule has 0 unspecified atom stereocenters. The van der Waals surface area contributed by atoms with E-state index in [1.807, 2.05) is 12.1 Å². The van der Waals surface area contributed by atoms with Crippen molar-refractivity contribution in [3.63, 3.8) is 0 Å². The zero-order valence-electron chi connectivity index (χ0n) is 33.6. The van der Waals surface area contributed by atoms with Gasteiger partial charge in [-0.05, 0) is 130 Å². The van der Waals surface area contributed by atoms with Crippen molar-refractivity contribution in [2.75, 3.05) is 0 Å². The van der Waals surface area contributed by atoms with Crippen molar-refractivity contribution in [1.29, 1.82) is 0 Å². The van der Waals surface area contributed by atoms with E-state index in [2.05, 4.69) is 206 Å². The monoisotopic (exact) mass is 788 g/mol. The third kappa shape index (κ3) is 5.37. The molecule has 0 aliphatic carbocycles. The number of furan rings is 2. The van der Waals surface area contributed by atoms with Gasteiger partial charge in [0.15, 0.2) is 0 Å². The van der Waals surface area contributed by atoms with Crippen molar-refractivity contribution in [2.24, 2.45) is 0 Å². The van der Waals surface area contributed by atoms with Gasteiger partial charge >= 0.3 is 0 Å². The van der Waals surface area contributed by atoms with Crippen molar-refractivity contribution in [1.82, 2.24) is 0 Å². The van der Waals surface area contributed by atoms with Gasteiger partial charge in [-0.2, -0.15) is 0 Å².